The minimum atomic E-state index is 0.850. The highest BCUT2D eigenvalue weighted by molar-refractivity contribution is 6.22. The van der Waals surface area contributed by atoms with Crippen LogP contribution in [0.4, 0.5) is 0 Å². The molecule has 2 aromatic heterocycles. The minimum absolute atomic E-state index is 0.850. The van der Waals surface area contributed by atoms with Crippen LogP contribution in [0.15, 0.2) is 75.6 Å². The Morgan fingerprint density at radius 2 is 1.25 bits per heavy atom. The summed E-state index contributed by atoms with van der Waals surface area (Å²) in [6.45, 7) is 2.27. The number of hydrogen-bond donors (Lipinski definition) is 0. The van der Waals surface area contributed by atoms with Crippen molar-refractivity contribution in [2.24, 2.45) is 0 Å². The summed E-state index contributed by atoms with van der Waals surface area (Å²) in [5.41, 5.74) is 4.96. The molecule has 0 radical (unpaired) electrons. The maximum absolute atomic E-state index is 6.46. The fourth-order valence-corrected chi connectivity index (χ4v) is 5.11. The van der Waals surface area contributed by atoms with Crippen molar-refractivity contribution in [3.63, 3.8) is 0 Å². The van der Waals surface area contributed by atoms with Gasteiger partial charge in [-0.15, -0.1) is 0 Å². The largest absolute Gasteiger partial charge is 0.452 e. The van der Waals surface area contributed by atoms with Crippen molar-refractivity contribution < 1.29 is 8.83 Å². The van der Waals surface area contributed by atoms with E-state index >= 15 is 0 Å². The molecule has 0 saturated heterocycles. The lowest BCUT2D eigenvalue weighted by atomic mass is 10.0. The van der Waals surface area contributed by atoms with Crippen LogP contribution in [0.2, 0.25) is 0 Å². The summed E-state index contributed by atoms with van der Waals surface area (Å²) in [4.78, 5) is 0. The summed E-state index contributed by atoms with van der Waals surface area (Å²) >= 11 is 0. The number of hydrogen-bond acceptors (Lipinski definition) is 2. The summed E-state index contributed by atoms with van der Waals surface area (Å²) in [6.07, 6.45) is 9.04. The molecule has 160 valence electrons. The van der Waals surface area contributed by atoms with Crippen molar-refractivity contribution in [2.45, 2.75) is 51.9 Å². The van der Waals surface area contributed by atoms with Gasteiger partial charge in [0.1, 0.15) is 11.2 Å². The highest BCUT2D eigenvalue weighted by atomic mass is 16.4. The Balaban J connectivity index is 1.40. The molecule has 0 unspecified atom stereocenters. The quantitative estimate of drug-likeness (QED) is 0.240. The van der Waals surface area contributed by atoms with Crippen LogP contribution in [0.1, 0.15) is 51.0 Å². The summed E-state index contributed by atoms with van der Waals surface area (Å²) in [6, 6.07) is 23.8. The molecule has 0 aliphatic rings. The highest BCUT2D eigenvalue weighted by Crippen LogP contribution is 2.40. The van der Waals surface area contributed by atoms with E-state index in [1.165, 1.54) is 54.9 Å². The zero-order chi connectivity index (χ0) is 21.5. The van der Waals surface area contributed by atoms with Crippen molar-refractivity contribution in [2.75, 3.05) is 0 Å². The maximum atomic E-state index is 6.46. The van der Waals surface area contributed by atoms with E-state index < -0.39 is 0 Å². The highest BCUT2D eigenvalue weighted by Gasteiger charge is 2.17. The molecule has 0 N–H and O–H groups in total. The lowest BCUT2D eigenvalue weighted by Gasteiger charge is -2.02. The number of furan rings is 2. The molecule has 32 heavy (non-hydrogen) atoms. The van der Waals surface area contributed by atoms with Crippen molar-refractivity contribution in [3.05, 3.63) is 72.3 Å². The van der Waals surface area contributed by atoms with Crippen LogP contribution in [0.5, 0.6) is 0 Å². The number of rotatable bonds is 7. The fourth-order valence-electron chi connectivity index (χ4n) is 5.11. The minimum Gasteiger partial charge on any atom is -0.452 e. The molecule has 0 bridgehead atoms. The van der Waals surface area contributed by atoms with Crippen LogP contribution in [-0.2, 0) is 6.42 Å². The molecule has 0 fully saturated rings. The Morgan fingerprint density at radius 1 is 0.562 bits per heavy atom. The molecule has 0 aliphatic heterocycles. The van der Waals surface area contributed by atoms with Crippen molar-refractivity contribution in [1.82, 2.24) is 0 Å². The average molecular weight is 421 g/mol. The second-order valence-corrected chi connectivity index (χ2v) is 9.03. The predicted molar refractivity (Wildman–Crippen MR) is 136 cm³/mol. The van der Waals surface area contributed by atoms with E-state index in [-0.39, 0.29) is 0 Å². The van der Waals surface area contributed by atoms with Crippen LogP contribution in [0.25, 0.3) is 54.6 Å². The lowest BCUT2D eigenvalue weighted by molar-refractivity contribution is 0.607. The number of fused-ring (bicyclic) bond motifs is 9. The van der Waals surface area contributed by atoms with Gasteiger partial charge in [-0.25, -0.2) is 0 Å². The Kier molecular flexibility index (Phi) is 4.87. The molecule has 6 aromatic rings. The summed E-state index contributed by atoms with van der Waals surface area (Å²) < 4.78 is 12.9. The van der Waals surface area contributed by atoms with E-state index in [2.05, 4.69) is 73.7 Å². The predicted octanol–water partition coefficient (Wildman–Crippen LogP) is 9.54. The first-order valence-electron chi connectivity index (χ1n) is 12.0. The van der Waals surface area contributed by atoms with Crippen molar-refractivity contribution >= 4 is 54.6 Å². The third kappa shape index (κ3) is 3.17. The van der Waals surface area contributed by atoms with E-state index in [0.29, 0.717) is 0 Å². The van der Waals surface area contributed by atoms with Gasteiger partial charge in [0.05, 0.1) is 0 Å². The molecule has 6 rings (SSSR count). The van der Waals surface area contributed by atoms with Crippen molar-refractivity contribution in [3.8, 4) is 0 Å². The molecule has 0 spiro atoms. The van der Waals surface area contributed by atoms with Gasteiger partial charge in [0, 0.05) is 26.9 Å². The molecule has 2 heteroatoms. The Hall–Kier alpha value is -3.26. The van der Waals surface area contributed by atoms with Gasteiger partial charge < -0.3 is 8.83 Å². The standard InChI is InChI=1S/C30H28O2/c1-2-3-4-5-6-7-10-20-13-15-23-24-17-18-26-25-16-14-21-11-8-9-12-22(21)28(25)32-30(26)29(24)31-27(23)19-20/h8-9,11-19H,2-7,10H2,1H3. The van der Waals surface area contributed by atoms with Gasteiger partial charge in [-0.1, -0.05) is 81.5 Å². The first-order chi connectivity index (χ1) is 15.8. The average Bonchev–Trinajstić information content (AvgIpc) is 3.39. The topological polar surface area (TPSA) is 26.3 Å². The normalized spacial score (nSPS) is 12.2. The molecule has 0 atom stereocenters. The van der Waals surface area contributed by atoms with Crippen LogP contribution < -0.4 is 0 Å². The van der Waals surface area contributed by atoms with Crippen LogP contribution in [0.3, 0.4) is 0 Å². The Labute approximate surface area is 187 Å². The van der Waals surface area contributed by atoms with Gasteiger partial charge in [0.25, 0.3) is 0 Å². The van der Waals surface area contributed by atoms with Crippen LogP contribution in [-0.4, -0.2) is 0 Å². The molecular formula is C30H28O2. The van der Waals surface area contributed by atoms with E-state index in [1.54, 1.807) is 0 Å². The first kappa shape index (κ1) is 19.4. The Bertz CT molecular complexity index is 1560. The SMILES string of the molecule is CCCCCCCCc1ccc2c(c1)oc1c2ccc2c3ccc4ccccc4c3oc21. The maximum Gasteiger partial charge on any atom is 0.178 e. The van der Waals surface area contributed by atoms with E-state index in [4.69, 9.17) is 8.83 Å². The van der Waals surface area contributed by atoms with Gasteiger partial charge in [-0.3, -0.25) is 0 Å². The monoisotopic (exact) mass is 420 g/mol. The van der Waals surface area contributed by atoms with E-state index in [1.807, 2.05) is 0 Å². The zero-order valence-corrected chi connectivity index (χ0v) is 18.6. The molecule has 2 heterocycles. The van der Waals surface area contributed by atoms with Gasteiger partial charge in [0.15, 0.2) is 11.2 Å². The molecule has 0 saturated carbocycles. The smallest absolute Gasteiger partial charge is 0.178 e. The molecular weight excluding hydrogens is 392 g/mol. The zero-order valence-electron chi connectivity index (χ0n) is 18.6. The third-order valence-corrected chi connectivity index (χ3v) is 6.85. The first-order valence-corrected chi connectivity index (χ1v) is 12.0. The second kappa shape index (κ2) is 8.02. The van der Waals surface area contributed by atoms with Crippen LogP contribution >= 0.6 is 0 Å². The third-order valence-electron chi connectivity index (χ3n) is 6.85. The summed E-state index contributed by atoms with van der Waals surface area (Å²) in [5, 5.41) is 6.89. The lowest BCUT2D eigenvalue weighted by Crippen LogP contribution is -1.86. The van der Waals surface area contributed by atoms with Crippen LogP contribution in [0, 0.1) is 0 Å². The second-order valence-electron chi connectivity index (χ2n) is 9.03. The summed E-state index contributed by atoms with van der Waals surface area (Å²) in [7, 11) is 0. The summed E-state index contributed by atoms with van der Waals surface area (Å²) in [5.74, 6) is 0. The fraction of sp³-hybridized carbons (Fsp3) is 0.267. The van der Waals surface area contributed by atoms with Gasteiger partial charge in [-0.2, -0.15) is 0 Å². The van der Waals surface area contributed by atoms with Gasteiger partial charge >= 0.3 is 0 Å². The number of unbranched alkanes of at least 4 members (excludes halogenated alkanes) is 5. The molecule has 0 amide bonds. The van der Waals surface area contributed by atoms with E-state index in [0.717, 1.165) is 50.3 Å². The molecule has 2 nitrogen and oxygen atoms in total. The number of benzene rings is 4. The number of aryl methyl sites for hydroxylation is 1. The van der Waals surface area contributed by atoms with Gasteiger partial charge in [-0.05, 0) is 48.1 Å². The molecule has 0 aliphatic carbocycles. The molecule has 4 aromatic carbocycles. The van der Waals surface area contributed by atoms with Gasteiger partial charge in [0.2, 0.25) is 0 Å². The van der Waals surface area contributed by atoms with Crippen molar-refractivity contribution in [1.29, 1.82) is 0 Å². The van der Waals surface area contributed by atoms with E-state index in [9.17, 15) is 0 Å². The Morgan fingerprint density at radius 3 is 2.16 bits per heavy atom.